The van der Waals surface area contributed by atoms with Crippen LogP contribution in [0.25, 0.3) is 5.57 Å². The molecule has 0 aromatic heterocycles. The summed E-state index contributed by atoms with van der Waals surface area (Å²) in [6, 6.07) is 31.0. The summed E-state index contributed by atoms with van der Waals surface area (Å²) in [7, 11) is -0.389. The number of ether oxygens (including phenoxy) is 1. The van der Waals surface area contributed by atoms with Gasteiger partial charge in [-0.15, -0.1) is 0 Å². The first-order valence-electron chi connectivity index (χ1n) is 11.4. The van der Waals surface area contributed by atoms with Crippen molar-refractivity contribution in [3.63, 3.8) is 0 Å². The molecule has 3 aromatic carbocycles. The van der Waals surface area contributed by atoms with Crippen LogP contribution in [-0.4, -0.2) is 30.3 Å². The van der Waals surface area contributed by atoms with Crippen LogP contribution in [-0.2, 0) is 0 Å². The summed E-state index contributed by atoms with van der Waals surface area (Å²) < 4.78 is 5.90. The van der Waals surface area contributed by atoms with Crippen LogP contribution in [0.2, 0.25) is 0 Å². The first-order valence-corrected chi connectivity index (χ1v) is 12.9. The van der Waals surface area contributed by atoms with Crippen molar-refractivity contribution in [2.24, 2.45) is 0 Å². The fraction of sp³-hybridized carbons (Fsp3) is 0.241. The lowest BCUT2D eigenvalue weighted by Gasteiger charge is -2.29. The van der Waals surface area contributed by atoms with Crippen LogP contribution < -0.4 is 15.3 Å². The van der Waals surface area contributed by atoms with Crippen LogP contribution >= 0.6 is 7.92 Å². The summed E-state index contributed by atoms with van der Waals surface area (Å²) in [4.78, 5) is 2.57. The first-order chi connectivity index (χ1) is 15.8. The third-order valence-electron chi connectivity index (χ3n) is 5.98. The van der Waals surface area contributed by atoms with Gasteiger partial charge in [0.05, 0.1) is 0 Å². The average molecular weight is 442 g/mol. The van der Waals surface area contributed by atoms with Crippen LogP contribution in [0.15, 0.2) is 104 Å². The molecule has 2 nitrogen and oxygen atoms in total. The fourth-order valence-electron chi connectivity index (χ4n) is 4.40. The lowest BCUT2D eigenvalue weighted by molar-refractivity contribution is 0.361. The van der Waals surface area contributed by atoms with Gasteiger partial charge in [-0.3, -0.25) is 0 Å². The van der Waals surface area contributed by atoms with E-state index < -0.39 is 0 Å². The third kappa shape index (κ3) is 5.50. The standard InChI is InChI=1S/C29H32NOP/c1-3-21-31-29-19-11-10-18-28(29)24(2)22-30-20-12-13-25(30)23-32(26-14-6-4-7-15-26)27-16-8-5-9-17-27/h3-11,14-19,22,25H,1,12-13,20-21,23H2,2H3/b24-22+/t25-/m0/s1. The molecule has 0 saturated carbocycles. The van der Waals surface area contributed by atoms with Crippen molar-refractivity contribution in [2.45, 2.75) is 25.8 Å². The Hall–Kier alpha value is -2.83. The maximum atomic E-state index is 5.90. The number of rotatable bonds is 9. The minimum atomic E-state index is -0.389. The van der Waals surface area contributed by atoms with Gasteiger partial charge in [0.25, 0.3) is 0 Å². The van der Waals surface area contributed by atoms with E-state index in [1.54, 1.807) is 6.08 Å². The Bertz CT molecular complexity index is 992. The summed E-state index contributed by atoms with van der Waals surface area (Å²) in [5, 5.41) is 2.92. The van der Waals surface area contributed by atoms with Gasteiger partial charge in [-0.25, -0.2) is 0 Å². The minimum Gasteiger partial charge on any atom is -0.489 e. The quantitative estimate of drug-likeness (QED) is 0.289. The maximum absolute atomic E-state index is 5.90. The second-order valence-corrected chi connectivity index (χ2v) is 10.5. The van der Waals surface area contributed by atoms with Crippen LogP contribution in [0, 0.1) is 0 Å². The SMILES string of the molecule is C=CCOc1ccccc1/C(C)=C/N1CCC[C@H]1CP(c1ccccc1)c1ccccc1. The molecule has 0 aliphatic carbocycles. The second kappa shape index (κ2) is 11.2. The zero-order valence-electron chi connectivity index (χ0n) is 18.9. The Morgan fingerprint density at radius 3 is 2.25 bits per heavy atom. The Morgan fingerprint density at radius 1 is 0.969 bits per heavy atom. The van der Waals surface area contributed by atoms with Gasteiger partial charge < -0.3 is 9.64 Å². The van der Waals surface area contributed by atoms with Crippen molar-refractivity contribution in [1.29, 1.82) is 0 Å². The lowest BCUT2D eigenvalue weighted by atomic mass is 10.1. The molecule has 0 amide bonds. The van der Waals surface area contributed by atoms with Crippen molar-refractivity contribution in [2.75, 3.05) is 19.3 Å². The highest BCUT2D eigenvalue weighted by Crippen LogP contribution is 2.38. The highest BCUT2D eigenvalue weighted by molar-refractivity contribution is 7.73. The Kier molecular flexibility index (Phi) is 7.80. The molecule has 1 saturated heterocycles. The first kappa shape index (κ1) is 22.4. The van der Waals surface area contributed by atoms with Crippen LogP contribution in [0.3, 0.4) is 0 Å². The molecule has 4 rings (SSSR count). The fourth-order valence-corrected chi connectivity index (χ4v) is 6.99. The Labute approximate surface area is 194 Å². The number of allylic oxidation sites excluding steroid dienone is 1. The number of likely N-dealkylation sites (tertiary alicyclic amines) is 1. The molecule has 0 bridgehead atoms. The molecule has 1 fully saturated rings. The normalized spacial score (nSPS) is 16.4. The molecule has 32 heavy (non-hydrogen) atoms. The smallest absolute Gasteiger partial charge is 0.127 e. The molecule has 1 heterocycles. The van der Waals surface area contributed by atoms with E-state index in [0.717, 1.165) is 17.9 Å². The molecule has 0 unspecified atom stereocenters. The number of benzene rings is 3. The number of hydrogen-bond donors (Lipinski definition) is 0. The number of nitrogens with zero attached hydrogens (tertiary/aromatic N) is 1. The van der Waals surface area contributed by atoms with E-state index in [0.29, 0.717) is 12.6 Å². The van der Waals surface area contributed by atoms with Gasteiger partial charge in [0.15, 0.2) is 0 Å². The van der Waals surface area contributed by atoms with Gasteiger partial charge in [-0.2, -0.15) is 0 Å². The van der Waals surface area contributed by atoms with Crippen molar-refractivity contribution < 1.29 is 4.74 Å². The van der Waals surface area contributed by atoms with E-state index in [2.05, 4.69) is 97.4 Å². The molecular weight excluding hydrogens is 409 g/mol. The van der Waals surface area contributed by atoms with E-state index in [9.17, 15) is 0 Å². The van der Waals surface area contributed by atoms with Gasteiger partial charge in [0, 0.05) is 24.4 Å². The largest absolute Gasteiger partial charge is 0.489 e. The molecule has 1 aliphatic rings. The molecule has 0 radical (unpaired) electrons. The zero-order valence-corrected chi connectivity index (χ0v) is 19.8. The molecule has 3 heteroatoms. The van der Waals surface area contributed by atoms with E-state index in [-0.39, 0.29) is 7.92 Å². The van der Waals surface area contributed by atoms with Crippen molar-refractivity contribution >= 4 is 24.1 Å². The van der Waals surface area contributed by atoms with E-state index in [1.807, 2.05) is 12.1 Å². The number of para-hydroxylation sites is 1. The van der Waals surface area contributed by atoms with E-state index >= 15 is 0 Å². The molecule has 3 aromatic rings. The third-order valence-corrected chi connectivity index (χ3v) is 8.61. The summed E-state index contributed by atoms with van der Waals surface area (Å²) in [6.45, 7) is 7.61. The van der Waals surface area contributed by atoms with Crippen LogP contribution in [0.4, 0.5) is 0 Å². The van der Waals surface area contributed by atoms with Crippen molar-refractivity contribution in [3.05, 3.63) is 109 Å². The molecule has 1 atom stereocenters. The zero-order chi connectivity index (χ0) is 22.2. The Balaban J connectivity index is 1.57. The maximum Gasteiger partial charge on any atom is 0.127 e. The predicted octanol–water partition coefficient (Wildman–Crippen LogP) is 6.21. The second-order valence-electron chi connectivity index (χ2n) is 8.22. The highest BCUT2D eigenvalue weighted by Gasteiger charge is 2.27. The molecule has 0 N–H and O–H groups in total. The summed E-state index contributed by atoms with van der Waals surface area (Å²) in [6.07, 6.45) is 7.83. The molecule has 0 spiro atoms. The van der Waals surface area contributed by atoms with Crippen molar-refractivity contribution in [3.8, 4) is 5.75 Å². The lowest BCUT2D eigenvalue weighted by Crippen LogP contribution is -2.30. The molecule has 164 valence electrons. The van der Waals surface area contributed by atoms with Crippen molar-refractivity contribution in [1.82, 2.24) is 4.90 Å². The molecule has 1 aliphatic heterocycles. The monoisotopic (exact) mass is 441 g/mol. The van der Waals surface area contributed by atoms with E-state index in [1.165, 1.54) is 35.2 Å². The summed E-state index contributed by atoms with van der Waals surface area (Å²) in [5.41, 5.74) is 2.41. The van der Waals surface area contributed by atoms with Crippen LogP contribution in [0.5, 0.6) is 5.75 Å². The predicted molar refractivity (Wildman–Crippen MR) is 139 cm³/mol. The van der Waals surface area contributed by atoms with Gasteiger partial charge in [-0.05, 0) is 56.1 Å². The topological polar surface area (TPSA) is 12.5 Å². The molecular formula is C29H32NOP. The average Bonchev–Trinajstić information content (AvgIpc) is 3.29. The summed E-state index contributed by atoms with van der Waals surface area (Å²) >= 11 is 0. The number of hydrogen-bond acceptors (Lipinski definition) is 2. The highest BCUT2D eigenvalue weighted by atomic mass is 31.1. The van der Waals surface area contributed by atoms with Gasteiger partial charge in [0.2, 0.25) is 0 Å². The minimum absolute atomic E-state index is 0.389. The van der Waals surface area contributed by atoms with Gasteiger partial charge in [-0.1, -0.05) is 91.5 Å². The van der Waals surface area contributed by atoms with Gasteiger partial charge >= 0.3 is 0 Å². The summed E-state index contributed by atoms with van der Waals surface area (Å²) in [5.74, 6) is 0.924. The van der Waals surface area contributed by atoms with E-state index in [4.69, 9.17) is 4.74 Å². The van der Waals surface area contributed by atoms with Gasteiger partial charge in [0.1, 0.15) is 12.4 Å². The Morgan fingerprint density at radius 2 is 1.59 bits per heavy atom. The van der Waals surface area contributed by atoms with Crippen LogP contribution in [0.1, 0.15) is 25.3 Å².